The molecule has 0 spiro atoms. The fraction of sp³-hybridized carbons (Fsp3) is 0.667. The van der Waals surface area contributed by atoms with E-state index in [0.717, 1.165) is 28.4 Å². The largest absolute Gasteiger partial charge is 0.353 e. The molecule has 17 heavy (non-hydrogen) atoms. The maximum Gasteiger partial charge on any atom is 0.225 e. The van der Waals surface area contributed by atoms with Crippen molar-refractivity contribution in [3.63, 3.8) is 0 Å². The van der Waals surface area contributed by atoms with Crippen molar-refractivity contribution in [2.75, 3.05) is 6.54 Å². The molecule has 1 aromatic rings. The van der Waals surface area contributed by atoms with Gasteiger partial charge in [-0.2, -0.15) is 0 Å². The predicted octanol–water partition coefficient (Wildman–Crippen LogP) is 1.41. The summed E-state index contributed by atoms with van der Waals surface area (Å²) in [6.07, 6.45) is 2.17. The minimum absolute atomic E-state index is 0.0744. The third-order valence-electron chi connectivity index (χ3n) is 2.64. The van der Waals surface area contributed by atoms with Crippen LogP contribution < -0.4 is 11.1 Å². The van der Waals surface area contributed by atoms with Gasteiger partial charge in [0.15, 0.2) is 0 Å². The highest BCUT2D eigenvalue weighted by Gasteiger charge is 2.12. The number of hydrogen-bond donors (Lipinski definition) is 2. The Morgan fingerprint density at radius 1 is 1.59 bits per heavy atom. The first-order valence-electron chi connectivity index (χ1n) is 6.01. The minimum Gasteiger partial charge on any atom is -0.353 e. The lowest BCUT2D eigenvalue weighted by Crippen LogP contribution is -2.33. The number of aryl methyl sites for hydroxylation is 1. The number of nitrogens with two attached hydrogens (primary N) is 1. The van der Waals surface area contributed by atoms with E-state index in [4.69, 9.17) is 5.73 Å². The molecule has 1 amide bonds. The molecule has 4 nitrogen and oxygen atoms in total. The third kappa shape index (κ3) is 4.44. The van der Waals surface area contributed by atoms with Gasteiger partial charge in [0.05, 0.1) is 17.1 Å². The highest BCUT2D eigenvalue weighted by Crippen LogP contribution is 2.18. The van der Waals surface area contributed by atoms with Crippen molar-refractivity contribution >= 4 is 17.2 Å². The van der Waals surface area contributed by atoms with Gasteiger partial charge in [-0.1, -0.05) is 6.92 Å². The summed E-state index contributed by atoms with van der Waals surface area (Å²) < 4.78 is 0. The lowest BCUT2D eigenvalue weighted by molar-refractivity contribution is -0.121. The summed E-state index contributed by atoms with van der Waals surface area (Å²) in [6.45, 7) is 6.62. The van der Waals surface area contributed by atoms with Crippen molar-refractivity contribution in [1.82, 2.24) is 10.3 Å². The minimum atomic E-state index is 0.0744. The van der Waals surface area contributed by atoms with Gasteiger partial charge >= 0.3 is 0 Å². The van der Waals surface area contributed by atoms with Crippen LogP contribution in [0.3, 0.4) is 0 Å². The highest BCUT2D eigenvalue weighted by atomic mass is 32.1. The smallest absolute Gasteiger partial charge is 0.225 e. The number of rotatable bonds is 6. The standard InChI is InChI=1S/C12H21N3OS/c1-4-8(2)14-11(16)7-10-9(3)15-12(17-10)5-6-13/h8H,4-7,13H2,1-3H3,(H,14,16). The number of carbonyl (C=O) groups excluding carboxylic acids is 1. The van der Waals surface area contributed by atoms with Crippen LogP contribution >= 0.6 is 11.3 Å². The molecule has 3 N–H and O–H groups in total. The van der Waals surface area contributed by atoms with E-state index in [1.807, 2.05) is 13.8 Å². The molecule has 1 heterocycles. The molecular formula is C12H21N3OS. The van der Waals surface area contributed by atoms with Crippen LogP contribution in [0.4, 0.5) is 0 Å². The summed E-state index contributed by atoms with van der Waals surface area (Å²) in [7, 11) is 0. The van der Waals surface area contributed by atoms with E-state index in [-0.39, 0.29) is 11.9 Å². The lowest BCUT2D eigenvalue weighted by Gasteiger charge is -2.10. The van der Waals surface area contributed by atoms with E-state index in [9.17, 15) is 4.79 Å². The normalized spacial score (nSPS) is 12.5. The molecule has 0 saturated heterocycles. The summed E-state index contributed by atoms with van der Waals surface area (Å²) in [5.74, 6) is 0.0744. The van der Waals surface area contributed by atoms with Crippen molar-refractivity contribution in [2.45, 2.75) is 46.1 Å². The number of amides is 1. The van der Waals surface area contributed by atoms with Crippen LogP contribution in [0.15, 0.2) is 0 Å². The van der Waals surface area contributed by atoms with Crippen LogP contribution in [-0.2, 0) is 17.6 Å². The molecule has 0 radical (unpaired) electrons. The van der Waals surface area contributed by atoms with Crippen molar-refractivity contribution in [1.29, 1.82) is 0 Å². The van der Waals surface area contributed by atoms with Gasteiger partial charge in [0.1, 0.15) is 0 Å². The van der Waals surface area contributed by atoms with Crippen LogP contribution in [0.5, 0.6) is 0 Å². The van der Waals surface area contributed by atoms with Crippen molar-refractivity contribution in [3.8, 4) is 0 Å². The van der Waals surface area contributed by atoms with E-state index < -0.39 is 0 Å². The van der Waals surface area contributed by atoms with Crippen LogP contribution in [-0.4, -0.2) is 23.5 Å². The average Bonchev–Trinajstić information content (AvgIpc) is 2.59. The molecule has 0 aliphatic carbocycles. The first-order chi connectivity index (χ1) is 8.06. The van der Waals surface area contributed by atoms with E-state index in [1.54, 1.807) is 11.3 Å². The van der Waals surface area contributed by atoms with Gasteiger partial charge in [0.2, 0.25) is 5.91 Å². The zero-order valence-corrected chi connectivity index (χ0v) is 11.6. The van der Waals surface area contributed by atoms with Gasteiger partial charge in [-0.05, 0) is 26.8 Å². The van der Waals surface area contributed by atoms with Crippen molar-refractivity contribution in [3.05, 3.63) is 15.6 Å². The monoisotopic (exact) mass is 255 g/mol. The van der Waals surface area contributed by atoms with Crippen molar-refractivity contribution in [2.24, 2.45) is 5.73 Å². The van der Waals surface area contributed by atoms with Gasteiger partial charge < -0.3 is 11.1 Å². The highest BCUT2D eigenvalue weighted by molar-refractivity contribution is 7.11. The van der Waals surface area contributed by atoms with Gasteiger partial charge in [-0.15, -0.1) is 11.3 Å². The van der Waals surface area contributed by atoms with Crippen LogP contribution in [0.2, 0.25) is 0 Å². The van der Waals surface area contributed by atoms with Crippen LogP contribution in [0.25, 0.3) is 0 Å². The molecule has 1 unspecified atom stereocenters. The fourth-order valence-electron chi connectivity index (χ4n) is 1.46. The Bertz CT molecular complexity index is 376. The molecule has 0 aliphatic rings. The summed E-state index contributed by atoms with van der Waals surface area (Å²) >= 11 is 1.60. The second-order valence-corrected chi connectivity index (χ2v) is 5.38. The number of nitrogens with zero attached hydrogens (tertiary/aromatic N) is 1. The van der Waals surface area contributed by atoms with E-state index in [0.29, 0.717) is 13.0 Å². The molecule has 1 aromatic heterocycles. The molecular weight excluding hydrogens is 234 g/mol. The topological polar surface area (TPSA) is 68.0 Å². The maximum atomic E-state index is 11.7. The zero-order valence-electron chi connectivity index (χ0n) is 10.7. The molecule has 0 aromatic carbocycles. The van der Waals surface area contributed by atoms with E-state index >= 15 is 0 Å². The second kappa shape index (κ2) is 6.71. The molecule has 5 heteroatoms. The number of nitrogens with one attached hydrogen (secondary N) is 1. The van der Waals surface area contributed by atoms with Crippen LogP contribution in [0.1, 0.15) is 35.8 Å². The van der Waals surface area contributed by atoms with Crippen LogP contribution in [0, 0.1) is 6.92 Å². The van der Waals surface area contributed by atoms with Gasteiger partial charge in [-0.3, -0.25) is 4.79 Å². The van der Waals surface area contributed by atoms with Gasteiger partial charge in [0, 0.05) is 17.3 Å². The molecule has 96 valence electrons. The predicted molar refractivity (Wildman–Crippen MR) is 71.2 cm³/mol. The Labute approximate surface area is 107 Å². The lowest BCUT2D eigenvalue weighted by atomic mass is 10.2. The zero-order chi connectivity index (χ0) is 12.8. The van der Waals surface area contributed by atoms with E-state index in [1.165, 1.54) is 0 Å². The molecule has 0 aliphatic heterocycles. The Balaban J connectivity index is 2.58. The third-order valence-corrected chi connectivity index (χ3v) is 3.85. The number of thiazole rings is 1. The number of hydrogen-bond acceptors (Lipinski definition) is 4. The Morgan fingerprint density at radius 2 is 2.29 bits per heavy atom. The first kappa shape index (κ1) is 14.1. The Hall–Kier alpha value is -0.940. The summed E-state index contributed by atoms with van der Waals surface area (Å²) in [4.78, 5) is 17.2. The van der Waals surface area contributed by atoms with Gasteiger partial charge in [0.25, 0.3) is 0 Å². The fourth-order valence-corrected chi connectivity index (χ4v) is 2.54. The number of aromatic nitrogens is 1. The second-order valence-electron chi connectivity index (χ2n) is 4.21. The van der Waals surface area contributed by atoms with E-state index in [2.05, 4.69) is 17.2 Å². The molecule has 0 fully saturated rings. The molecule has 1 atom stereocenters. The molecule has 0 bridgehead atoms. The summed E-state index contributed by atoms with van der Waals surface area (Å²) in [6, 6.07) is 0.235. The SMILES string of the molecule is CCC(C)NC(=O)Cc1sc(CCN)nc1C. The average molecular weight is 255 g/mol. The first-order valence-corrected chi connectivity index (χ1v) is 6.83. The summed E-state index contributed by atoms with van der Waals surface area (Å²) in [5.41, 5.74) is 6.45. The Kier molecular flexibility index (Phi) is 5.58. The van der Waals surface area contributed by atoms with Gasteiger partial charge in [-0.25, -0.2) is 4.98 Å². The quantitative estimate of drug-likeness (QED) is 0.807. The number of carbonyl (C=O) groups is 1. The summed E-state index contributed by atoms with van der Waals surface area (Å²) in [5, 5.41) is 3.99. The maximum absolute atomic E-state index is 11.7. The Morgan fingerprint density at radius 3 is 2.88 bits per heavy atom. The molecule has 0 saturated carbocycles. The van der Waals surface area contributed by atoms with Crippen molar-refractivity contribution < 1.29 is 4.79 Å². The molecule has 1 rings (SSSR count).